The molecular formula is C13H13Cl2IN2O3. The standard InChI is InChI=1S/C13H13Cl2IN2O3/c14-6-2-8-9(3-7(6)15)18(13(16)17-8)10-1-5(4-19)11(20)12(10)21/h2-3,5,10-12,19-21H,1,4H2. The molecular weight excluding hydrogens is 430 g/mol. The molecule has 4 atom stereocenters. The second kappa shape index (κ2) is 5.82. The average molecular weight is 443 g/mol. The molecule has 0 bridgehead atoms. The van der Waals surface area contributed by atoms with Crippen molar-refractivity contribution in [1.29, 1.82) is 0 Å². The van der Waals surface area contributed by atoms with Gasteiger partial charge in [0.2, 0.25) is 0 Å². The maximum atomic E-state index is 10.3. The summed E-state index contributed by atoms with van der Waals surface area (Å²) in [4.78, 5) is 4.42. The highest BCUT2D eigenvalue weighted by Crippen LogP contribution is 2.39. The van der Waals surface area contributed by atoms with Crippen molar-refractivity contribution in [2.75, 3.05) is 6.61 Å². The lowest BCUT2D eigenvalue weighted by molar-refractivity contribution is -0.00390. The van der Waals surface area contributed by atoms with E-state index in [1.165, 1.54) is 0 Å². The van der Waals surface area contributed by atoms with E-state index in [1.54, 1.807) is 12.1 Å². The van der Waals surface area contributed by atoms with Gasteiger partial charge >= 0.3 is 0 Å². The summed E-state index contributed by atoms with van der Waals surface area (Å²) in [5.41, 5.74) is 1.44. The second-order valence-electron chi connectivity index (χ2n) is 5.23. The van der Waals surface area contributed by atoms with Gasteiger partial charge in [-0.25, -0.2) is 4.98 Å². The Balaban J connectivity index is 2.12. The third-order valence-corrected chi connectivity index (χ3v) is 5.51. The van der Waals surface area contributed by atoms with E-state index < -0.39 is 12.2 Å². The molecule has 0 saturated heterocycles. The fraction of sp³-hybridized carbons (Fsp3) is 0.462. The number of fused-ring (bicyclic) bond motifs is 1. The van der Waals surface area contributed by atoms with E-state index in [0.717, 1.165) is 5.52 Å². The largest absolute Gasteiger partial charge is 0.396 e. The van der Waals surface area contributed by atoms with Crippen LogP contribution in [0.4, 0.5) is 0 Å². The lowest BCUT2D eigenvalue weighted by Crippen LogP contribution is -2.30. The number of hydrogen-bond acceptors (Lipinski definition) is 4. The van der Waals surface area contributed by atoms with E-state index in [1.807, 2.05) is 4.57 Å². The zero-order valence-corrected chi connectivity index (χ0v) is 14.4. The summed E-state index contributed by atoms with van der Waals surface area (Å²) in [5.74, 6) is -0.346. The summed E-state index contributed by atoms with van der Waals surface area (Å²) in [5, 5.41) is 30.4. The Morgan fingerprint density at radius 1 is 1.24 bits per heavy atom. The van der Waals surface area contributed by atoms with Crippen molar-refractivity contribution in [3.8, 4) is 0 Å². The maximum Gasteiger partial charge on any atom is 0.172 e. The smallest absolute Gasteiger partial charge is 0.172 e. The number of halogens is 3. The molecule has 21 heavy (non-hydrogen) atoms. The number of aromatic nitrogens is 2. The van der Waals surface area contributed by atoms with Crippen LogP contribution in [0.15, 0.2) is 12.1 Å². The first-order valence-corrected chi connectivity index (χ1v) is 8.27. The molecule has 1 aliphatic carbocycles. The Kier molecular flexibility index (Phi) is 4.37. The van der Waals surface area contributed by atoms with Crippen molar-refractivity contribution >= 4 is 56.8 Å². The number of benzene rings is 1. The molecule has 0 amide bonds. The third-order valence-electron chi connectivity index (χ3n) is 4.03. The van der Waals surface area contributed by atoms with Crippen molar-refractivity contribution in [3.05, 3.63) is 26.0 Å². The lowest BCUT2D eigenvalue weighted by atomic mass is 10.1. The predicted molar refractivity (Wildman–Crippen MR) is 88.7 cm³/mol. The molecule has 114 valence electrons. The number of rotatable bonds is 2. The van der Waals surface area contributed by atoms with E-state index in [2.05, 4.69) is 27.6 Å². The van der Waals surface area contributed by atoms with Gasteiger partial charge in [-0.05, 0) is 41.1 Å². The van der Waals surface area contributed by atoms with Crippen LogP contribution in [0.2, 0.25) is 10.0 Å². The van der Waals surface area contributed by atoms with Gasteiger partial charge in [0.15, 0.2) is 3.83 Å². The van der Waals surface area contributed by atoms with Crippen LogP contribution in [0.25, 0.3) is 11.0 Å². The highest BCUT2D eigenvalue weighted by Gasteiger charge is 2.43. The minimum Gasteiger partial charge on any atom is -0.396 e. The van der Waals surface area contributed by atoms with Crippen LogP contribution in [0.5, 0.6) is 0 Å². The summed E-state index contributed by atoms with van der Waals surface area (Å²) in [7, 11) is 0. The van der Waals surface area contributed by atoms with Crippen LogP contribution in [-0.2, 0) is 0 Å². The number of nitrogens with zero attached hydrogens (tertiary/aromatic N) is 2. The van der Waals surface area contributed by atoms with E-state index in [4.69, 9.17) is 23.2 Å². The Morgan fingerprint density at radius 3 is 2.52 bits per heavy atom. The van der Waals surface area contributed by atoms with Gasteiger partial charge < -0.3 is 19.9 Å². The van der Waals surface area contributed by atoms with Gasteiger partial charge in [-0.2, -0.15) is 0 Å². The average Bonchev–Trinajstić information content (AvgIpc) is 2.89. The second-order valence-corrected chi connectivity index (χ2v) is 7.01. The molecule has 2 aromatic rings. The van der Waals surface area contributed by atoms with Gasteiger partial charge in [0.25, 0.3) is 0 Å². The molecule has 1 aromatic heterocycles. The molecule has 0 spiro atoms. The SMILES string of the molecule is OCC1CC(n2c(I)nc3cc(Cl)c(Cl)cc32)C(O)C1O. The van der Waals surface area contributed by atoms with Crippen LogP contribution in [0.3, 0.4) is 0 Å². The van der Waals surface area contributed by atoms with E-state index >= 15 is 0 Å². The molecule has 1 aromatic carbocycles. The monoisotopic (exact) mass is 442 g/mol. The Hall–Kier alpha value is -0.120. The van der Waals surface area contributed by atoms with E-state index in [0.29, 0.717) is 25.8 Å². The van der Waals surface area contributed by atoms with Gasteiger partial charge in [0.1, 0.15) is 6.10 Å². The first kappa shape index (κ1) is 15.8. The van der Waals surface area contributed by atoms with Crippen molar-refractivity contribution in [2.45, 2.75) is 24.7 Å². The topological polar surface area (TPSA) is 78.5 Å². The minimum atomic E-state index is -0.956. The fourth-order valence-corrected chi connectivity index (χ4v) is 4.11. The highest BCUT2D eigenvalue weighted by molar-refractivity contribution is 14.1. The predicted octanol–water partition coefficient (Wildman–Crippen LogP) is 2.22. The van der Waals surface area contributed by atoms with Crippen LogP contribution in [0, 0.1) is 9.75 Å². The molecule has 1 saturated carbocycles. The Bertz CT molecular complexity index is 694. The molecule has 1 aliphatic rings. The van der Waals surface area contributed by atoms with Crippen LogP contribution in [-0.4, -0.2) is 43.7 Å². The maximum absolute atomic E-state index is 10.3. The number of imidazole rings is 1. The summed E-state index contributed by atoms with van der Waals surface area (Å²) in [6.45, 7) is -0.162. The Morgan fingerprint density at radius 2 is 1.90 bits per heavy atom. The van der Waals surface area contributed by atoms with Crippen molar-refractivity contribution in [2.24, 2.45) is 5.92 Å². The molecule has 0 aliphatic heterocycles. The zero-order chi connectivity index (χ0) is 15.3. The first-order chi connectivity index (χ1) is 9.93. The van der Waals surface area contributed by atoms with Crippen LogP contribution < -0.4 is 0 Å². The molecule has 8 heteroatoms. The molecule has 4 unspecified atom stereocenters. The summed E-state index contributed by atoms with van der Waals surface area (Å²) in [6, 6.07) is 3.03. The fourth-order valence-electron chi connectivity index (χ4n) is 2.91. The first-order valence-electron chi connectivity index (χ1n) is 6.43. The summed E-state index contributed by atoms with van der Waals surface area (Å²) >= 11 is 14.1. The van der Waals surface area contributed by atoms with E-state index in [9.17, 15) is 15.3 Å². The van der Waals surface area contributed by atoms with Gasteiger partial charge in [-0.1, -0.05) is 23.2 Å². The quantitative estimate of drug-likeness (QED) is 0.623. The number of aliphatic hydroxyl groups is 3. The number of aliphatic hydroxyl groups excluding tert-OH is 3. The highest BCUT2D eigenvalue weighted by atomic mass is 127. The minimum absolute atomic E-state index is 0.162. The van der Waals surface area contributed by atoms with Crippen molar-refractivity contribution < 1.29 is 15.3 Å². The molecule has 1 heterocycles. The van der Waals surface area contributed by atoms with Gasteiger partial charge in [0, 0.05) is 12.5 Å². The van der Waals surface area contributed by atoms with Crippen LogP contribution in [0.1, 0.15) is 12.5 Å². The Labute approximate surface area is 144 Å². The van der Waals surface area contributed by atoms with E-state index in [-0.39, 0.29) is 18.6 Å². The normalized spacial score (nSPS) is 29.4. The summed E-state index contributed by atoms with van der Waals surface area (Å²) in [6.07, 6.45) is -1.43. The molecule has 3 rings (SSSR count). The van der Waals surface area contributed by atoms with Gasteiger partial charge in [-0.15, -0.1) is 0 Å². The molecule has 1 fully saturated rings. The molecule has 0 radical (unpaired) electrons. The van der Waals surface area contributed by atoms with Crippen LogP contribution >= 0.6 is 45.8 Å². The van der Waals surface area contributed by atoms with Gasteiger partial charge in [0.05, 0.1) is 33.2 Å². The molecule has 5 nitrogen and oxygen atoms in total. The van der Waals surface area contributed by atoms with Crippen molar-refractivity contribution in [1.82, 2.24) is 9.55 Å². The van der Waals surface area contributed by atoms with Gasteiger partial charge in [-0.3, -0.25) is 0 Å². The summed E-state index contributed by atoms with van der Waals surface area (Å²) < 4.78 is 2.53. The molecule has 3 N–H and O–H groups in total. The lowest BCUT2D eigenvalue weighted by Gasteiger charge is -2.19. The number of hydrogen-bond donors (Lipinski definition) is 3. The zero-order valence-electron chi connectivity index (χ0n) is 10.7. The van der Waals surface area contributed by atoms with Crippen molar-refractivity contribution in [3.63, 3.8) is 0 Å². The third kappa shape index (κ3) is 2.55.